The highest BCUT2D eigenvalue weighted by atomic mass is 35.5. The van der Waals surface area contributed by atoms with Gasteiger partial charge in [-0.25, -0.2) is 0 Å². The Kier molecular flexibility index (Phi) is 4.65. The van der Waals surface area contributed by atoms with E-state index in [0.717, 1.165) is 22.3 Å². The number of amides is 1. The fourth-order valence-corrected chi connectivity index (χ4v) is 2.32. The van der Waals surface area contributed by atoms with Crippen LogP contribution in [-0.2, 0) is 9.53 Å². The van der Waals surface area contributed by atoms with Crippen LogP contribution >= 0.6 is 12.4 Å². The minimum absolute atomic E-state index is 0. The fraction of sp³-hybridized carbons (Fsp3) is 0.357. The van der Waals surface area contributed by atoms with Crippen molar-refractivity contribution < 1.29 is 9.53 Å². The molecule has 0 radical (unpaired) electrons. The summed E-state index contributed by atoms with van der Waals surface area (Å²) >= 11 is 0. The molecule has 3 rings (SSSR count). The minimum atomic E-state index is -0.266. The molecule has 1 atom stereocenters. The number of ether oxygens (including phenoxy) is 1. The van der Waals surface area contributed by atoms with E-state index in [0.29, 0.717) is 19.8 Å². The van der Waals surface area contributed by atoms with Crippen molar-refractivity contribution in [3.63, 3.8) is 0 Å². The largest absolute Gasteiger partial charge is 0.378 e. The Hall–Kier alpha value is -1.56. The molecule has 5 nitrogen and oxygen atoms in total. The van der Waals surface area contributed by atoms with Crippen molar-refractivity contribution in [1.82, 2.24) is 10.3 Å². The summed E-state index contributed by atoms with van der Waals surface area (Å²) < 4.78 is 5.29. The van der Waals surface area contributed by atoms with E-state index in [1.54, 1.807) is 0 Å². The zero-order valence-electron chi connectivity index (χ0n) is 11.2. The summed E-state index contributed by atoms with van der Waals surface area (Å²) in [7, 11) is 0. The van der Waals surface area contributed by atoms with E-state index in [2.05, 4.69) is 21.7 Å². The van der Waals surface area contributed by atoms with E-state index in [1.165, 1.54) is 0 Å². The minimum Gasteiger partial charge on any atom is -0.378 e. The van der Waals surface area contributed by atoms with Gasteiger partial charge in [-0.2, -0.15) is 0 Å². The number of hydrogen-bond acceptors (Lipinski definition) is 3. The van der Waals surface area contributed by atoms with Gasteiger partial charge in [0.15, 0.2) is 0 Å². The average molecular weight is 296 g/mol. The smallest absolute Gasteiger partial charge is 0.243 e. The Morgan fingerprint density at radius 1 is 1.40 bits per heavy atom. The van der Waals surface area contributed by atoms with Crippen LogP contribution in [-0.4, -0.2) is 36.7 Å². The third-order valence-electron chi connectivity index (χ3n) is 3.26. The van der Waals surface area contributed by atoms with Crippen molar-refractivity contribution in [2.24, 2.45) is 0 Å². The molecule has 108 valence electrons. The van der Waals surface area contributed by atoms with E-state index < -0.39 is 0 Å². The van der Waals surface area contributed by atoms with Gasteiger partial charge in [0.05, 0.1) is 13.2 Å². The second-order valence-electron chi connectivity index (χ2n) is 4.83. The quantitative estimate of drug-likeness (QED) is 0.792. The van der Waals surface area contributed by atoms with Crippen molar-refractivity contribution >= 4 is 34.9 Å². The summed E-state index contributed by atoms with van der Waals surface area (Å²) in [6, 6.07) is 7.65. The van der Waals surface area contributed by atoms with Gasteiger partial charge in [0, 0.05) is 28.8 Å². The summed E-state index contributed by atoms with van der Waals surface area (Å²) in [5.41, 5.74) is 3.00. The summed E-state index contributed by atoms with van der Waals surface area (Å²) in [6.07, 6.45) is 0. The van der Waals surface area contributed by atoms with Crippen molar-refractivity contribution in [3.8, 4) is 0 Å². The number of hydrogen-bond donors (Lipinski definition) is 3. The predicted molar refractivity (Wildman–Crippen MR) is 81.5 cm³/mol. The van der Waals surface area contributed by atoms with Gasteiger partial charge in [-0.15, -0.1) is 12.4 Å². The molecule has 0 saturated carbocycles. The molecule has 0 aliphatic carbocycles. The van der Waals surface area contributed by atoms with Gasteiger partial charge in [-0.3, -0.25) is 4.79 Å². The molecule has 20 heavy (non-hydrogen) atoms. The molecule has 1 unspecified atom stereocenters. The summed E-state index contributed by atoms with van der Waals surface area (Å²) in [6.45, 7) is 3.82. The van der Waals surface area contributed by atoms with Gasteiger partial charge < -0.3 is 20.4 Å². The van der Waals surface area contributed by atoms with Gasteiger partial charge in [0.2, 0.25) is 5.91 Å². The number of morpholine rings is 1. The third kappa shape index (κ3) is 3.12. The van der Waals surface area contributed by atoms with Crippen molar-refractivity contribution in [2.45, 2.75) is 13.0 Å². The number of carbonyl (C=O) groups excluding carboxylic acids is 1. The highest BCUT2D eigenvalue weighted by molar-refractivity contribution is 5.97. The zero-order valence-corrected chi connectivity index (χ0v) is 12.0. The van der Waals surface area contributed by atoms with E-state index in [4.69, 9.17) is 4.74 Å². The lowest BCUT2D eigenvalue weighted by atomic mass is 10.2. The molecule has 6 heteroatoms. The van der Waals surface area contributed by atoms with Crippen molar-refractivity contribution in [3.05, 3.63) is 30.0 Å². The zero-order chi connectivity index (χ0) is 13.2. The molecule has 1 fully saturated rings. The van der Waals surface area contributed by atoms with Gasteiger partial charge in [-0.05, 0) is 31.2 Å². The molecule has 0 spiro atoms. The molecule has 1 aliphatic heterocycles. The number of H-pyrrole nitrogens is 1. The number of rotatable bonds is 2. The SMILES string of the molecule is Cc1cc2cc(NC(=O)C3COCCN3)ccc2[nH]1.Cl. The normalized spacial score (nSPS) is 18.6. The van der Waals surface area contributed by atoms with Crippen molar-refractivity contribution in [1.29, 1.82) is 0 Å². The highest BCUT2D eigenvalue weighted by Crippen LogP contribution is 2.20. The van der Waals surface area contributed by atoms with E-state index in [1.807, 2.05) is 25.1 Å². The molecule has 1 aromatic carbocycles. The Morgan fingerprint density at radius 3 is 3.00 bits per heavy atom. The number of carbonyl (C=O) groups is 1. The molecular formula is C14H18ClN3O2. The Morgan fingerprint density at radius 2 is 2.25 bits per heavy atom. The second kappa shape index (κ2) is 6.26. The number of fused-ring (bicyclic) bond motifs is 1. The molecule has 1 saturated heterocycles. The van der Waals surface area contributed by atoms with Crippen LogP contribution in [0.15, 0.2) is 24.3 Å². The standard InChI is InChI=1S/C14H17N3O2.ClH/c1-9-6-10-7-11(2-3-12(10)16-9)17-14(18)13-8-19-5-4-15-13;/h2-3,6-7,13,15-16H,4-5,8H2,1H3,(H,17,18);1H. The van der Waals surface area contributed by atoms with Crippen molar-refractivity contribution in [2.75, 3.05) is 25.1 Å². The topological polar surface area (TPSA) is 66.2 Å². The van der Waals surface area contributed by atoms with Crippen LogP contribution in [0.3, 0.4) is 0 Å². The lowest BCUT2D eigenvalue weighted by Crippen LogP contribution is -2.48. The Balaban J connectivity index is 0.00000147. The molecule has 1 aromatic heterocycles. The molecule has 1 amide bonds. The molecule has 2 aromatic rings. The lowest BCUT2D eigenvalue weighted by Gasteiger charge is -2.22. The number of benzene rings is 1. The first-order valence-electron chi connectivity index (χ1n) is 6.44. The van der Waals surface area contributed by atoms with Crippen LogP contribution in [0.25, 0.3) is 10.9 Å². The number of nitrogens with one attached hydrogen (secondary N) is 3. The van der Waals surface area contributed by atoms with Gasteiger partial charge in [0.1, 0.15) is 6.04 Å². The van der Waals surface area contributed by atoms with Crippen LogP contribution in [0, 0.1) is 6.92 Å². The maximum atomic E-state index is 12.0. The summed E-state index contributed by atoms with van der Waals surface area (Å²) in [4.78, 5) is 15.3. The summed E-state index contributed by atoms with van der Waals surface area (Å²) in [5, 5.41) is 7.16. The number of aromatic amines is 1. The third-order valence-corrected chi connectivity index (χ3v) is 3.26. The van der Waals surface area contributed by atoms with Crippen LogP contribution in [0.5, 0.6) is 0 Å². The van der Waals surface area contributed by atoms with Crippen LogP contribution in [0.1, 0.15) is 5.69 Å². The van der Waals surface area contributed by atoms with Crippen LogP contribution in [0.2, 0.25) is 0 Å². The first kappa shape index (κ1) is 14.8. The molecule has 1 aliphatic rings. The number of aryl methyl sites for hydroxylation is 1. The van der Waals surface area contributed by atoms with Gasteiger partial charge in [0.25, 0.3) is 0 Å². The predicted octanol–water partition coefficient (Wildman–Crippen LogP) is 1.83. The fourth-order valence-electron chi connectivity index (χ4n) is 2.32. The van der Waals surface area contributed by atoms with Crippen LogP contribution < -0.4 is 10.6 Å². The average Bonchev–Trinajstić information content (AvgIpc) is 2.79. The molecule has 2 heterocycles. The van der Waals surface area contributed by atoms with E-state index >= 15 is 0 Å². The van der Waals surface area contributed by atoms with E-state index in [9.17, 15) is 4.79 Å². The Bertz CT molecular complexity index is 605. The number of halogens is 1. The maximum absolute atomic E-state index is 12.0. The monoisotopic (exact) mass is 295 g/mol. The Labute approximate surface area is 123 Å². The first-order chi connectivity index (χ1) is 9.22. The van der Waals surface area contributed by atoms with Gasteiger partial charge in [-0.1, -0.05) is 0 Å². The molecule has 0 bridgehead atoms. The maximum Gasteiger partial charge on any atom is 0.243 e. The van der Waals surface area contributed by atoms with E-state index in [-0.39, 0.29) is 24.4 Å². The number of aromatic nitrogens is 1. The van der Waals surface area contributed by atoms with Gasteiger partial charge >= 0.3 is 0 Å². The first-order valence-corrected chi connectivity index (χ1v) is 6.44. The molecular weight excluding hydrogens is 278 g/mol. The highest BCUT2D eigenvalue weighted by Gasteiger charge is 2.21. The second-order valence-corrected chi connectivity index (χ2v) is 4.83. The summed E-state index contributed by atoms with van der Waals surface area (Å²) in [5.74, 6) is -0.0497. The molecule has 3 N–H and O–H groups in total. The number of anilines is 1. The van der Waals surface area contributed by atoms with Crippen LogP contribution in [0.4, 0.5) is 5.69 Å². The lowest BCUT2D eigenvalue weighted by molar-refractivity contribution is -0.120.